The Morgan fingerprint density at radius 1 is 0.900 bits per heavy atom. The van der Waals surface area contributed by atoms with Crippen molar-refractivity contribution >= 4 is 11.6 Å². The van der Waals surface area contributed by atoms with E-state index in [0.29, 0.717) is 6.61 Å². The SMILES string of the molecule is COCc1ccc(CNCCc2ccc(Cl)cc2)cc1. The molecule has 2 aromatic carbocycles. The highest BCUT2D eigenvalue weighted by atomic mass is 35.5. The number of halogens is 1. The van der Waals surface area contributed by atoms with Gasteiger partial charge in [-0.25, -0.2) is 0 Å². The van der Waals surface area contributed by atoms with E-state index in [9.17, 15) is 0 Å². The van der Waals surface area contributed by atoms with Crippen molar-refractivity contribution < 1.29 is 4.74 Å². The topological polar surface area (TPSA) is 21.3 Å². The lowest BCUT2D eigenvalue weighted by Crippen LogP contribution is -2.16. The van der Waals surface area contributed by atoms with Gasteiger partial charge in [0.25, 0.3) is 0 Å². The Labute approximate surface area is 125 Å². The Kier molecular flexibility index (Phi) is 6.06. The third kappa shape index (κ3) is 4.97. The zero-order chi connectivity index (χ0) is 14.2. The van der Waals surface area contributed by atoms with Crippen molar-refractivity contribution in [2.24, 2.45) is 0 Å². The number of hydrogen-bond donors (Lipinski definition) is 1. The van der Waals surface area contributed by atoms with E-state index >= 15 is 0 Å². The molecule has 0 fully saturated rings. The van der Waals surface area contributed by atoms with Crippen LogP contribution in [0.3, 0.4) is 0 Å². The first-order chi connectivity index (χ1) is 9.78. The molecule has 0 aliphatic heterocycles. The smallest absolute Gasteiger partial charge is 0.0713 e. The molecule has 0 atom stereocenters. The first kappa shape index (κ1) is 15.0. The summed E-state index contributed by atoms with van der Waals surface area (Å²) >= 11 is 5.86. The first-order valence-electron chi connectivity index (χ1n) is 6.80. The molecule has 3 heteroatoms. The normalized spacial score (nSPS) is 10.7. The van der Waals surface area contributed by atoms with E-state index in [1.165, 1.54) is 16.7 Å². The van der Waals surface area contributed by atoms with E-state index in [1.54, 1.807) is 7.11 Å². The summed E-state index contributed by atoms with van der Waals surface area (Å²) in [5.74, 6) is 0. The van der Waals surface area contributed by atoms with Crippen LogP contribution >= 0.6 is 11.6 Å². The maximum atomic E-state index is 5.86. The maximum absolute atomic E-state index is 5.86. The molecular formula is C17H20ClNO. The summed E-state index contributed by atoms with van der Waals surface area (Å²) in [6.07, 6.45) is 1.01. The molecule has 0 saturated heterocycles. The molecule has 0 heterocycles. The molecule has 0 amide bonds. The van der Waals surface area contributed by atoms with Gasteiger partial charge in [0.05, 0.1) is 6.61 Å². The van der Waals surface area contributed by atoms with Gasteiger partial charge in [-0.3, -0.25) is 0 Å². The van der Waals surface area contributed by atoms with Gasteiger partial charge in [-0.1, -0.05) is 48.0 Å². The van der Waals surface area contributed by atoms with Gasteiger partial charge in [0.2, 0.25) is 0 Å². The third-order valence-corrected chi connectivity index (χ3v) is 3.42. The molecule has 2 aromatic rings. The van der Waals surface area contributed by atoms with Crippen molar-refractivity contribution in [2.45, 2.75) is 19.6 Å². The van der Waals surface area contributed by atoms with Crippen LogP contribution in [0.25, 0.3) is 0 Å². The number of nitrogens with one attached hydrogen (secondary N) is 1. The lowest BCUT2D eigenvalue weighted by molar-refractivity contribution is 0.185. The van der Waals surface area contributed by atoms with Crippen LogP contribution in [0.1, 0.15) is 16.7 Å². The lowest BCUT2D eigenvalue weighted by atomic mass is 10.1. The maximum Gasteiger partial charge on any atom is 0.0713 e. The minimum atomic E-state index is 0.671. The fourth-order valence-corrected chi connectivity index (χ4v) is 2.16. The highest BCUT2D eigenvalue weighted by Gasteiger charge is 1.96. The monoisotopic (exact) mass is 289 g/mol. The summed E-state index contributed by atoms with van der Waals surface area (Å²) in [5, 5.41) is 4.24. The largest absolute Gasteiger partial charge is 0.380 e. The quantitative estimate of drug-likeness (QED) is 0.783. The molecule has 1 N–H and O–H groups in total. The zero-order valence-electron chi connectivity index (χ0n) is 11.7. The molecule has 2 rings (SSSR count). The molecule has 0 aromatic heterocycles. The number of ether oxygens (including phenoxy) is 1. The van der Waals surface area contributed by atoms with Gasteiger partial charge in [0, 0.05) is 18.7 Å². The molecule has 0 aliphatic rings. The van der Waals surface area contributed by atoms with Crippen LogP contribution in [0.4, 0.5) is 0 Å². The van der Waals surface area contributed by atoms with Gasteiger partial charge >= 0.3 is 0 Å². The van der Waals surface area contributed by atoms with Gasteiger partial charge in [-0.15, -0.1) is 0 Å². The van der Waals surface area contributed by atoms with Crippen LogP contribution in [0, 0.1) is 0 Å². The van der Waals surface area contributed by atoms with Crippen molar-refractivity contribution in [3.63, 3.8) is 0 Å². The fourth-order valence-electron chi connectivity index (χ4n) is 2.04. The average Bonchev–Trinajstić information content (AvgIpc) is 2.47. The number of benzene rings is 2. The first-order valence-corrected chi connectivity index (χ1v) is 7.17. The predicted molar refractivity (Wildman–Crippen MR) is 84.0 cm³/mol. The Balaban J connectivity index is 1.71. The molecule has 20 heavy (non-hydrogen) atoms. The summed E-state index contributed by atoms with van der Waals surface area (Å²) in [7, 11) is 1.71. The van der Waals surface area contributed by atoms with Crippen LogP contribution in [0.5, 0.6) is 0 Å². The third-order valence-electron chi connectivity index (χ3n) is 3.17. The minimum absolute atomic E-state index is 0.671. The van der Waals surface area contributed by atoms with E-state index in [0.717, 1.165) is 24.5 Å². The Morgan fingerprint density at radius 3 is 2.15 bits per heavy atom. The van der Waals surface area contributed by atoms with E-state index in [4.69, 9.17) is 16.3 Å². The summed E-state index contributed by atoms with van der Waals surface area (Å²) in [4.78, 5) is 0. The molecular weight excluding hydrogens is 270 g/mol. The van der Waals surface area contributed by atoms with Crippen molar-refractivity contribution in [3.8, 4) is 0 Å². The van der Waals surface area contributed by atoms with Crippen LogP contribution in [-0.4, -0.2) is 13.7 Å². The van der Waals surface area contributed by atoms with Crippen molar-refractivity contribution in [2.75, 3.05) is 13.7 Å². The summed E-state index contributed by atoms with van der Waals surface area (Å²) < 4.78 is 5.10. The molecule has 106 valence electrons. The van der Waals surface area contributed by atoms with Crippen LogP contribution in [-0.2, 0) is 24.3 Å². The highest BCUT2D eigenvalue weighted by molar-refractivity contribution is 6.30. The number of rotatable bonds is 7. The zero-order valence-corrected chi connectivity index (χ0v) is 12.5. The fraction of sp³-hybridized carbons (Fsp3) is 0.294. The van der Waals surface area contributed by atoms with Crippen LogP contribution < -0.4 is 5.32 Å². The van der Waals surface area contributed by atoms with Gasteiger partial charge in [0.15, 0.2) is 0 Å². The van der Waals surface area contributed by atoms with Crippen molar-refractivity contribution in [1.82, 2.24) is 5.32 Å². The van der Waals surface area contributed by atoms with E-state index < -0.39 is 0 Å². The second-order valence-corrected chi connectivity index (χ2v) is 5.24. The highest BCUT2D eigenvalue weighted by Crippen LogP contribution is 2.10. The Hall–Kier alpha value is -1.35. The standard InChI is InChI=1S/C17H20ClNO/c1-20-13-16-4-2-15(3-5-16)12-19-11-10-14-6-8-17(18)9-7-14/h2-9,19H,10-13H2,1H3. The van der Waals surface area contributed by atoms with Crippen molar-refractivity contribution in [1.29, 1.82) is 0 Å². The molecule has 0 saturated carbocycles. The number of methoxy groups -OCH3 is 1. The Bertz CT molecular complexity index is 508. The second kappa shape index (κ2) is 8.05. The van der Waals surface area contributed by atoms with E-state index in [2.05, 4.69) is 41.7 Å². The predicted octanol–water partition coefficient (Wildman–Crippen LogP) is 3.82. The summed E-state index contributed by atoms with van der Waals surface area (Å²) in [6.45, 7) is 2.52. The van der Waals surface area contributed by atoms with Gasteiger partial charge in [-0.2, -0.15) is 0 Å². The van der Waals surface area contributed by atoms with Crippen molar-refractivity contribution in [3.05, 3.63) is 70.2 Å². The second-order valence-electron chi connectivity index (χ2n) is 4.80. The molecule has 0 unspecified atom stereocenters. The average molecular weight is 290 g/mol. The van der Waals surface area contributed by atoms with Crippen LogP contribution in [0.2, 0.25) is 5.02 Å². The summed E-state index contributed by atoms with van der Waals surface area (Å²) in [6, 6.07) is 16.5. The van der Waals surface area contributed by atoms with E-state index in [1.807, 2.05) is 12.1 Å². The van der Waals surface area contributed by atoms with Gasteiger partial charge in [-0.05, 0) is 41.8 Å². The van der Waals surface area contributed by atoms with E-state index in [-0.39, 0.29) is 0 Å². The molecule has 0 radical (unpaired) electrons. The molecule has 2 nitrogen and oxygen atoms in total. The minimum Gasteiger partial charge on any atom is -0.380 e. The van der Waals surface area contributed by atoms with Gasteiger partial charge < -0.3 is 10.1 Å². The Morgan fingerprint density at radius 2 is 1.50 bits per heavy atom. The molecule has 0 aliphatic carbocycles. The van der Waals surface area contributed by atoms with Crippen LogP contribution in [0.15, 0.2) is 48.5 Å². The molecule has 0 bridgehead atoms. The lowest BCUT2D eigenvalue weighted by Gasteiger charge is -2.06. The number of hydrogen-bond acceptors (Lipinski definition) is 2. The summed E-state index contributed by atoms with van der Waals surface area (Å²) in [5.41, 5.74) is 3.80. The molecule has 0 spiro atoms. The van der Waals surface area contributed by atoms with Gasteiger partial charge in [0.1, 0.15) is 0 Å².